The van der Waals surface area contributed by atoms with Crippen LogP contribution in [0.2, 0.25) is 0 Å². The molecule has 3 rings (SSSR count). The number of anilines is 1. The number of nitrogens with one attached hydrogen (secondary N) is 1. The first kappa shape index (κ1) is 16.7. The topological polar surface area (TPSA) is 65.8 Å². The number of aromatic nitrogens is 1. The minimum absolute atomic E-state index is 0.119. The molecule has 1 fully saturated rings. The fraction of sp³-hybridized carbons (Fsp3) is 0.421. The Balaban J connectivity index is 1.74. The molecule has 2 aromatic rings. The van der Waals surface area contributed by atoms with Gasteiger partial charge in [0.15, 0.2) is 5.13 Å². The Labute approximate surface area is 146 Å². The van der Waals surface area contributed by atoms with Crippen molar-refractivity contribution in [1.82, 2.24) is 4.98 Å². The third-order valence-corrected chi connectivity index (χ3v) is 5.38. The SMILES string of the molecule is CC(C)(C)c1ccc(-c2csc(NC(=O)C3(C#N)CCC3)n2)cc1. The summed E-state index contributed by atoms with van der Waals surface area (Å²) in [6, 6.07) is 10.5. The van der Waals surface area contributed by atoms with Crippen LogP contribution < -0.4 is 5.32 Å². The molecule has 0 atom stereocenters. The van der Waals surface area contributed by atoms with Crippen LogP contribution in [0, 0.1) is 16.7 Å². The Morgan fingerprint density at radius 2 is 1.96 bits per heavy atom. The molecule has 0 saturated heterocycles. The lowest BCUT2D eigenvalue weighted by Gasteiger charge is -2.32. The molecule has 0 spiro atoms. The van der Waals surface area contributed by atoms with E-state index >= 15 is 0 Å². The van der Waals surface area contributed by atoms with Crippen molar-refractivity contribution in [3.05, 3.63) is 35.2 Å². The Morgan fingerprint density at radius 3 is 2.46 bits per heavy atom. The maximum Gasteiger partial charge on any atom is 0.246 e. The first-order valence-corrected chi connectivity index (χ1v) is 9.01. The van der Waals surface area contributed by atoms with E-state index in [-0.39, 0.29) is 11.3 Å². The number of rotatable bonds is 3. The third-order valence-electron chi connectivity index (χ3n) is 4.63. The van der Waals surface area contributed by atoms with Crippen LogP contribution in [0.5, 0.6) is 0 Å². The number of carbonyl (C=O) groups is 1. The summed E-state index contributed by atoms with van der Waals surface area (Å²) in [5.74, 6) is -0.222. The largest absolute Gasteiger partial charge is 0.301 e. The van der Waals surface area contributed by atoms with Crippen molar-refractivity contribution in [1.29, 1.82) is 5.26 Å². The van der Waals surface area contributed by atoms with Gasteiger partial charge in [0.2, 0.25) is 5.91 Å². The van der Waals surface area contributed by atoms with Gasteiger partial charge in [0, 0.05) is 10.9 Å². The molecule has 1 amide bonds. The van der Waals surface area contributed by atoms with Crippen LogP contribution in [-0.2, 0) is 10.2 Å². The minimum Gasteiger partial charge on any atom is -0.301 e. The highest BCUT2D eigenvalue weighted by molar-refractivity contribution is 7.14. The summed E-state index contributed by atoms with van der Waals surface area (Å²) < 4.78 is 0. The molecule has 1 N–H and O–H groups in total. The van der Waals surface area contributed by atoms with Gasteiger partial charge in [-0.25, -0.2) is 4.98 Å². The fourth-order valence-electron chi connectivity index (χ4n) is 2.74. The molecule has 5 heteroatoms. The Hall–Kier alpha value is -2.19. The molecule has 0 unspecified atom stereocenters. The van der Waals surface area contributed by atoms with Gasteiger partial charge in [0.25, 0.3) is 0 Å². The van der Waals surface area contributed by atoms with Crippen LogP contribution in [0.3, 0.4) is 0 Å². The average molecular weight is 339 g/mol. The Kier molecular flexibility index (Phi) is 4.18. The van der Waals surface area contributed by atoms with Gasteiger partial charge in [-0.15, -0.1) is 11.3 Å². The number of amides is 1. The zero-order valence-electron chi connectivity index (χ0n) is 14.2. The van der Waals surface area contributed by atoms with Crippen LogP contribution in [0.1, 0.15) is 45.6 Å². The first-order valence-electron chi connectivity index (χ1n) is 8.13. The normalized spacial score (nSPS) is 16.1. The van der Waals surface area contributed by atoms with Gasteiger partial charge < -0.3 is 5.32 Å². The summed E-state index contributed by atoms with van der Waals surface area (Å²) in [5.41, 5.74) is 2.42. The van der Waals surface area contributed by atoms with Crippen molar-refractivity contribution in [3.63, 3.8) is 0 Å². The Bertz CT molecular complexity index is 789. The summed E-state index contributed by atoms with van der Waals surface area (Å²) in [7, 11) is 0. The van der Waals surface area contributed by atoms with Crippen LogP contribution in [0.15, 0.2) is 29.6 Å². The molecule has 1 saturated carbocycles. The van der Waals surface area contributed by atoms with E-state index in [0.29, 0.717) is 18.0 Å². The van der Waals surface area contributed by atoms with Crippen molar-refractivity contribution >= 4 is 22.4 Å². The first-order chi connectivity index (χ1) is 11.3. The number of nitrogens with zero attached hydrogens (tertiary/aromatic N) is 2. The second kappa shape index (κ2) is 6.03. The van der Waals surface area contributed by atoms with Crippen molar-refractivity contribution in [3.8, 4) is 17.3 Å². The van der Waals surface area contributed by atoms with Gasteiger partial charge in [-0.2, -0.15) is 5.26 Å². The van der Waals surface area contributed by atoms with Crippen LogP contribution in [0.25, 0.3) is 11.3 Å². The minimum atomic E-state index is -0.847. The smallest absolute Gasteiger partial charge is 0.246 e. The number of thiazole rings is 1. The number of hydrogen-bond donors (Lipinski definition) is 1. The molecule has 1 aliphatic rings. The highest BCUT2D eigenvalue weighted by atomic mass is 32.1. The van der Waals surface area contributed by atoms with Gasteiger partial charge in [-0.05, 0) is 30.2 Å². The maximum atomic E-state index is 12.3. The summed E-state index contributed by atoms with van der Waals surface area (Å²) >= 11 is 1.39. The standard InChI is InChI=1S/C19H21N3OS/c1-18(2,3)14-7-5-13(6-8-14)15-11-24-17(21-15)22-16(23)19(12-20)9-4-10-19/h5-8,11H,4,9-10H2,1-3H3,(H,21,22,23). The molecular formula is C19H21N3OS. The van der Waals surface area contributed by atoms with E-state index in [1.54, 1.807) is 0 Å². The highest BCUT2D eigenvalue weighted by Crippen LogP contribution is 2.41. The second-order valence-corrected chi connectivity index (χ2v) is 8.22. The maximum absolute atomic E-state index is 12.3. The summed E-state index contributed by atoms with van der Waals surface area (Å²) in [4.78, 5) is 16.8. The molecule has 0 radical (unpaired) electrons. The highest BCUT2D eigenvalue weighted by Gasteiger charge is 2.44. The van der Waals surface area contributed by atoms with Gasteiger partial charge in [0.05, 0.1) is 11.8 Å². The van der Waals surface area contributed by atoms with Gasteiger partial charge in [-0.1, -0.05) is 45.0 Å². The van der Waals surface area contributed by atoms with E-state index < -0.39 is 5.41 Å². The summed E-state index contributed by atoms with van der Waals surface area (Å²) in [5, 5.41) is 14.5. The molecule has 1 aliphatic carbocycles. The molecule has 0 bridgehead atoms. The number of benzene rings is 1. The van der Waals surface area contributed by atoms with Crippen molar-refractivity contribution < 1.29 is 4.79 Å². The van der Waals surface area contributed by atoms with Crippen molar-refractivity contribution in [2.75, 3.05) is 5.32 Å². The molecule has 1 heterocycles. The monoisotopic (exact) mass is 339 g/mol. The van der Waals surface area contributed by atoms with Crippen LogP contribution in [0.4, 0.5) is 5.13 Å². The second-order valence-electron chi connectivity index (χ2n) is 7.37. The van der Waals surface area contributed by atoms with E-state index in [1.165, 1.54) is 16.9 Å². The van der Waals surface area contributed by atoms with Crippen molar-refractivity contribution in [2.45, 2.75) is 45.4 Å². The molecule has 1 aromatic heterocycles. The predicted octanol–water partition coefficient (Wildman–Crippen LogP) is 4.74. The lowest BCUT2D eigenvalue weighted by molar-refractivity contribution is -0.126. The fourth-order valence-corrected chi connectivity index (χ4v) is 3.46. The number of hydrogen-bond acceptors (Lipinski definition) is 4. The lowest BCUT2D eigenvalue weighted by atomic mass is 9.69. The van der Waals surface area contributed by atoms with Gasteiger partial charge in [-0.3, -0.25) is 4.79 Å². The zero-order chi connectivity index (χ0) is 17.4. The molecular weight excluding hydrogens is 318 g/mol. The average Bonchev–Trinajstić information content (AvgIpc) is 2.94. The zero-order valence-corrected chi connectivity index (χ0v) is 15.0. The molecule has 4 nitrogen and oxygen atoms in total. The van der Waals surface area contributed by atoms with E-state index in [4.69, 9.17) is 0 Å². The molecule has 124 valence electrons. The van der Waals surface area contributed by atoms with E-state index in [9.17, 15) is 10.1 Å². The van der Waals surface area contributed by atoms with Gasteiger partial charge >= 0.3 is 0 Å². The quantitative estimate of drug-likeness (QED) is 0.878. The van der Waals surface area contributed by atoms with Crippen LogP contribution in [-0.4, -0.2) is 10.9 Å². The molecule has 24 heavy (non-hydrogen) atoms. The molecule has 0 aliphatic heterocycles. The summed E-state index contributed by atoms with van der Waals surface area (Å²) in [6.07, 6.45) is 2.22. The number of nitriles is 1. The lowest BCUT2D eigenvalue weighted by Crippen LogP contribution is -2.40. The molecule has 1 aromatic carbocycles. The van der Waals surface area contributed by atoms with Gasteiger partial charge in [0.1, 0.15) is 5.41 Å². The summed E-state index contributed by atoms with van der Waals surface area (Å²) in [6.45, 7) is 6.55. The van der Waals surface area contributed by atoms with E-state index in [2.05, 4.69) is 61.4 Å². The van der Waals surface area contributed by atoms with Crippen molar-refractivity contribution in [2.24, 2.45) is 5.41 Å². The van der Waals surface area contributed by atoms with E-state index in [0.717, 1.165) is 17.7 Å². The van der Waals surface area contributed by atoms with Crippen LogP contribution >= 0.6 is 11.3 Å². The van der Waals surface area contributed by atoms with E-state index in [1.807, 2.05) is 5.38 Å². The number of carbonyl (C=O) groups excluding carboxylic acids is 1. The third kappa shape index (κ3) is 3.07. The Morgan fingerprint density at radius 1 is 1.29 bits per heavy atom. The predicted molar refractivity (Wildman–Crippen MR) is 96.8 cm³/mol.